The van der Waals surface area contributed by atoms with E-state index in [1.54, 1.807) is 0 Å². The number of rotatable bonds is 5. The van der Waals surface area contributed by atoms with Crippen molar-refractivity contribution in [1.82, 2.24) is 5.32 Å². The second-order valence-corrected chi connectivity index (χ2v) is 1.88. The second-order valence-electron chi connectivity index (χ2n) is 1.88. The molecule has 0 radical (unpaired) electrons. The molecule has 11 heavy (non-hydrogen) atoms. The van der Waals surface area contributed by atoms with Gasteiger partial charge in [-0.05, 0) is 12.6 Å². The summed E-state index contributed by atoms with van der Waals surface area (Å²) in [5.41, 5.74) is 0. The third kappa shape index (κ3) is 5.29. The Hall–Kier alpha value is -1.16. The van der Waals surface area contributed by atoms with Crippen LogP contribution < -0.4 is 5.32 Å². The Balaban J connectivity index is 3.57. The van der Waals surface area contributed by atoms with Crippen LogP contribution in [0.15, 0.2) is 12.2 Å². The largest absolute Gasteiger partial charge is 0.475 e. The molecule has 0 aromatic rings. The lowest BCUT2D eigenvalue weighted by Gasteiger charge is -1.91. The zero-order chi connectivity index (χ0) is 8.69. The molecule has 4 nitrogen and oxygen atoms in total. The summed E-state index contributed by atoms with van der Waals surface area (Å²) in [6, 6.07) is 0. The van der Waals surface area contributed by atoms with Crippen LogP contribution in [0.1, 0.15) is 6.92 Å². The molecule has 0 amide bonds. The van der Waals surface area contributed by atoms with E-state index in [0.717, 1.165) is 12.6 Å². The van der Waals surface area contributed by atoms with Crippen molar-refractivity contribution in [2.75, 3.05) is 13.1 Å². The summed E-state index contributed by atoms with van der Waals surface area (Å²) in [7, 11) is 0. The van der Waals surface area contributed by atoms with Crippen molar-refractivity contribution in [1.29, 1.82) is 0 Å². The maximum absolute atomic E-state index is 10.4. The Morgan fingerprint density at radius 1 is 1.55 bits per heavy atom. The number of hydrogen-bond donors (Lipinski definition) is 2. The molecule has 0 saturated carbocycles. The third-order valence-electron chi connectivity index (χ3n) is 0.992. The van der Waals surface area contributed by atoms with Gasteiger partial charge in [-0.2, -0.15) is 0 Å². The van der Waals surface area contributed by atoms with Crippen molar-refractivity contribution in [2.45, 2.75) is 6.92 Å². The molecule has 0 atom stereocenters. The molecule has 0 unspecified atom stereocenters. The lowest BCUT2D eigenvalue weighted by molar-refractivity contribution is -0.146. The van der Waals surface area contributed by atoms with Gasteiger partial charge in [-0.3, -0.25) is 4.79 Å². The average molecular weight is 157 g/mol. The van der Waals surface area contributed by atoms with Crippen molar-refractivity contribution in [3.63, 3.8) is 0 Å². The first-order valence-corrected chi connectivity index (χ1v) is 3.33. The van der Waals surface area contributed by atoms with Crippen LogP contribution in [0.5, 0.6) is 0 Å². The van der Waals surface area contributed by atoms with Gasteiger partial charge in [0.05, 0.1) is 0 Å². The SMILES string of the molecule is CCNCC=CC(=O)C(=O)O. The summed E-state index contributed by atoms with van der Waals surface area (Å²) in [6.45, 7) is 3.24. The predicted octanol–water partition coefficient (Wildman–Crippen LogP) is -0.194. The molecular formula is C7H11NO3. The Morgan fingerprint density at radius 2 is 2.18 bits per heavy atom. The fourth-order valence-electron chi connectivity index (χ4n) is 0.465. The highest BCUT2D eigenvalue weighted by Crippen LogP contribution is 1.76. The standard InChI is InChI=1S/C7H11NO3/c1-2-8-5-3-4-6(9)7(10)11/h3-4,8H,2,5H2,1H3,(H,10,11). The van der Waals surface area contributed by atoms with E-state index in [1.807, 2.05) is 6.92 Å². The minimum Gasteiger partial charge on any atom is -0.475 e. The fraction of sp³-hybridized carbons (Fsp3) is 0.429. The first kappa shape index (κ1) is 9.84. The van der Waals surface area contributed by atoms with E-state index in [2.05, 4.69) is 5.32 Å². The first-order chi connectivity index (χ1) is 5.18. The van der Waals surface area contributed by atoms with Crippen LogP contribution in [0.2, 0.25) is 0 Å². The highest BCUT2D eigenvalue weighted by molar-refractivity contribution is 6.37. The normalized spacial score (nSPS) is 10.3. The van der Waals surface area contributed by atoms with Gasteiger partial charge in [-0.25, -0.2) is 4.79 Å². The molecular weight excluding hydrogens is 146 g/mol. The molecule has 0 aliphatic carbocycles. The lowest BCUT2D eigenvalue weighted by atomic mass is 10.3. The van der Waals surface area contributed by atoms with Gasteiger partial charge in [0.2, 0.25) is 0 Å². The first-order valence-electron chi connectivity index (χ1n) is 3.33. The van der Waals surface area contributed by atoms with Crippen molar-refractivity contribution in [3.8, 4) is 0 Å². The number of carbonyl (C=O) groups is 2. The maximum atomic E-state index is 10.4. The number of carboxylic acid groups (broad SMARTS) is 1. The number of nitrogens with one attached hydrogen (secondary N) is 1. The quantitative estimate of drug-likeness (QED) is 0.329. The van der Waals surface area contributed by atoms with Crippen molar-refractivity contribution >= 4 is 11.8 Å². The molecule has 4 heteroatoms. The van der Waals surface area contributed by atoms with Gasteiger partial charge in [-0.1, -0.05) is 13.0 Å². The number of hydrogen-bond acceptors (Lipinski definition) is 3. The summed E-state index contributed by atoms with van der Waals surface area (Å²) < 4.78 is 0. The van der Waals surface area contributed by atoms with Crippen LogP contribution in [0.4, 0.5) is 0 Å². The number of aliphatic carboxylic acids is 1. The van der Waals surface area contributed by atoms with E-state index < -0.39 is 11.8 Å². The monoisotopic (exact) mass is 157 g/mol. The van der Waals surface area contributed by atoms with E-state index in [0.29, 0.717) is 6.54 Å². The predicted molar refractivity (Wildman–Crippen MR) is 40.3 cm³/mol. The Kier molecular flexibility index (Phi) is 5.02. The number of carbonyl (C=O) groups excluding carboxylic acids is 1. The van der Waals surface area contributed by atoms with Gasteiger partial charge < -0.3 is 10.4 Å². The van der Waals surface area contributed by atoms with Gasteiger partial charge in [0.25, 0.3) is 5.78 Å². The second kappa shape index (κ2) is 5.61. The van der Waals surface area contributed by atoms with Crippen molar-refractivity contribution < 1.29 is 14.7 Å². The van der Waals surface area contributed by atoms with E-state index in [4.69, 9.17) is 5.11 Å². The highest BCUT2D eigenvalue weighted by atomic mass is 16.4. The van der Waals surface area contributed by atoms with E-state index in [9.17, 15) is 9.59 Å². The number of carboxylic acids is 1. The van der Waals surface area contributed by atoms with Crippen molar-refractivity contribution in [3.05, 3.63) is 12.2 Å². The van der Waals surface area contributed by atoms with Gasteiger partial charge >= 0.3 is 5.97 Å². The summed E-state index contributed by atoms with van der Waals surface area (Å²) in [4.78, 5) is 20.3. The van der Waals surface area contributed by atoms with Crippen LogP contribution in [-0.4, -0.2) is 29.9 Å². The van der Waals surface area contributed by atoms with Crippen molar-refractivity contribution in [2.24, 2.45) is 0 Å². The minimum absolute atomic E-state index is 0.523. The smallest absolute Gasteiger partial charge is 0.376 e. The molecule has 0 spiro atoms. The summed E-state index contributed by atoms with van der Waals surface area (Å²) >= 11 is 0. The molecule has 0 fully saturated rings. The van der Waals surface area contributed by atoms with Gasteiger partial charge in [0.15, 0.2) is 0 Å². The molecule has 0 bridgehead atoms. The summed E-state index contributed by atoms with van der Waals surface area (Å²) in [5.74, 6) is -2.30. The van der Waals surface area contributed by atoms with Gasteiger partial charge in [0.1, 0.15) is 0 Å². The topological polar surface area (TPSA) is 66.4 Å². The van der Waals surface area contributed by atoms with Crippen LogP contribution in [0.3, 0.4) is 0 Å². The van der Waals surface area contributed by atoms with Crippen LogP contribution >= 0.6 is 0 Å². The Morgan fingerprint density at radius 3 is 2.64 bits per heavy atom. The van der Waals surface area contributed by atoms with Gasteiger partial charge in [0, 0.05) is 6.54 Å². The molecule has 62 valence electrons. The molecule has 0 aliphatic rings. The van der Waals surface area contributed by atoms with Gasteiger partial charge in [-0.15, -0.1) is 0 Å². The molecule has 0 heterocycles. The summed E-state index contributed by atoms with van der Waals surface area (Å²) in [6.07, 6.45) is 2.53. The zero-order valence-electron chi connectivity index (χ0n) is 6.33. The molecule has 0 saturated heterocycles. The Bertz CT molecular complexity index is 175. The Labute approximate surface area is 64.9 Å². The van der Waals surface area contributed by atoms with Crippen LogP contribution in [0.25, 0.3) is 0 Å². The molecule has 0 rings (SSSR count). The number of ketones is 1. The fourth-order valence-corrected chi connectivity index (χ4v) is 0.465. The minimum atomic E-state index is -1.42. The molecule has 2 N–H and O–H groups in total. The average Bonchev–Trinajstić information content (AvgIpc) is 1.97. The lowest BCUT2D eigenvalue weighted by Crippen LogP contribution is -2.13. The molecule has 0 aromatic carbocycles. The maximum Gasteiger partial charge on any atom is 0.376 e. The van der Waals surface area contributed by atoms with E-state index in [1.165, 1.54) is 6.08 Å². The number of likely N-dealkylation sites (N-methyl/N-ethyl adjacent to an activating group) is 1. The zero-order valence-corrected chi connectivity index (χ0v) is 6.33. The summed E-state index contributed by atoms with van der Waals surface area (Å²) in [5, 5.41) is 11.0. The van der Waals surface area contributed by atoms with E-state index >= 15 is 0 Å². The molecule has 0 aromatic heterocycles. The van der Waals surface area contributed by atoms with Crippen LogP contribution in [-0.2, 0) is 9.59 Å². The van der Waals surface area contributed by atoms with Crippen LogP contribution in [0, 0.1) is 0 Å². The highest BCUT2D eigenvalue weighted by Gasteiger charge is 2.04. The molecule has 0 aliphatic heterocycles. The third-order valence-corrected chi connectivity index (χ3v) is 0.992. The van der Waals surface area contributed by atoms with E-state index in [-0.39, 0.29) is 0 Å².